The van der Waals surface area contributed by atoms with E-state index in [2.05, 4.69) is 26.2 Å². The van der Waals surface area contributed by atoms with Crippen LogP contribution in [0.3, 0.4) is 0 Å². The summed E-state index contributed by atoms with van der Waals surface area (Å²) < 4.78 is 40.1. The van der Waals surface area contributed by atoms with E-state index in [0.29, 0.717) is 4.47 Å². The molecule has 6 heteroatoms. The Balaban J connectivity index is 2.35. The highest BCUT2D eigenvalue weighted by molar-refractivity contribution is 9.10. The van der Waals surface area contributed by atoms with Gasteiger partial charge in [0.25, 0.3) is 0 Å². The lowest BCUT2D eigenvalue weighted by Gasteiger charge is -2.07. The van der Waals surface area contributed by atoms with Gasteiger partial charge in [-0.3, -0.25) is 0 Å². The van der Waals surface area contributed by atoms with Crippen LogP contribution in [0.2, 0.25) is 0 Å². The highest BCUT2D eigenvalue weighted by Crippen LogP contribution is 2.23. The maximum Gasteiger partial charge on any atom is 0.182 e. The quantitative estimate of drug-likeness (QED) is 0.907. The first-order chi connectivity index (χ1) is 8.08. The fraction of sp³-hybridized carbons (Fsp3) is 0. The average Bonchev–Trinajstić information content (AvgIpc) is 2.28. The van der Waals surface area contributed by atoms with Crippen LogP contribution in [0.15, 0.2) is 34.9 Å². The van der Waals surface area contributed by atoms with Gasteiger partial charge in [-0.15, -0.1) is 0 Å². The van der Waals surface area contributed by atoms with Gasteiger partial charge in [0, 0.05) is 10.7 Å². The van der Waals surface area contributed by atoms with Crippen LogP contribution in [0.4, 0.5) is 24.7 Å². The maximum atomic E-state index is 13.4. The molecule has 1 aromatic heterocycles. The molecule has 0 radical (unpaired) electrons. The van der Waals surface area contributed by atoms with Crippen LogP contribution < -0.4 is 5.32 Å². The Morgan fingerprint density at radius 1 is 1.12 bits per heavy atom. The van der Waals surface area contributed by atoms with Crippen LogP contribution >= 0.6 is 15.9 Å². The third-order valence-corrected chi connectivity index (χ3v) is 2.45. The summed E-state index contributed by atoms with van der Waals surface area (Å²) in [6, 6.07) is 4.76. The third kappa shape index (κ3) is 2.58. The predicted molar refractivity (Wildman–Crippen MR) is 61.5 cm³/mol. The van der Waals surface area contributed by atoms with Gasteiger partial charge in [-0.2, -0.15) is 0 Å². The first-order valence-electron chi connectivity index (χ1n) is 4.60. The van der Waals surface area contributed by atoms with E-state index in [0.717, 1.165) is 6.07 Å². The molecular formula is C11H6BrF3N2. The van der Waals surface area contributed by atoms with E-state index < -0.39 is 17.5 Å². The van der Waals surface area contributed by atoms with Gasteiger partial charge in [0.15, 0.2) is 23.3 Å². The fourth-order valence-corrected chi connectivity index (χ4v) is 1.54. The first-order valence-corrected chi connectivity index (χ1v) is 5.39. The lowest BCUT2D eigenvalue weighted by Crippen LogP contribution is -2.00. The van der Waals surface area contributed by atoms with Crippen LogP contribution in [-0.4, -0.2) is 4.98 Å². The molecule has 2 rings (SSSR count). The molecule has 0 fully saturated rings. The lowest BCUT2D eigenvalue weighted by atomic mass is 10.3. The van der Waals surface area contributed by atoms with E-state index in [4.69, 9.17) is 0 Å². The van der Waals surface area contributed by atoms with Gasteiger partial charge >= 0.3 is 0 Å². The van der Waals surface area contributed by atoms with Crippen molar-refractivity contribution in [3.8, 4) is 0 Å². The largest absolute Gasteiger partial charge is 0.335 e. The molecule has 0 aliphatic heterocycles. The zero-order valence-electron chi connectivity index (χ0n) is 8.35. The molecule has 0 spiro atoms. The summed E-state index contributed by atoms with van der Waals surface area (Å²) in [4.78, 5) is 3.72. The normalized spacial score (nSPS) is 10.4. The minimum Gasteiger partial charge on any atom is -0.335 e. The lowest BCUT2D eigenvalue weighted by molar-refractivity contribution is 0.511. The molecule has 0 saturated heterocycles. The number of anilines is 2. The average molecular weight is 303 g/mol. The van der Waals surface area contributed by atoms with Crippen molar-refractivity contribution in [2.24, 2.45) is 0 Å². The molecule has 0 saturated carbocycles. The third-order valence-electron chi connectivity index (χ3n) is 2.01. The molecule has 2 nitrogen and oxygen atoms in total. The van der Waals surface area contributed by atoms with E-state index in [1.165, 1.54) is 24.4 Å². The molecule has 0 bridgehead atoms. The number of pyridine rings is 1. The Hall–Kier alpha value is -1.56. The van der Waals surface area contributed by atoms with Gasteiger partial charge in [0.2, 0.25) is 0 Å². The van der Waals surface area contributed by atoms with Crippen LogP contribution in [0.25, 0.3) is 0 Å². The number of aromatic nitrogens is 1. The Morgan fingerprint density at radius 2 is 1.88 bits per heavy atom. The Morgan fingerprint density at radius 3 is 2.59 bits per heavy atom. The molecule has 1 N–H and O–H groups in total. The van der Waals surface area contributed by atoms with Crippen LogP contribution in [0.1, 0.15) is 0 Å². The van der Waals surface area contributed by atoms with Gasteiger partial charge in [0.1, 0.15) is 0 Å². The smallest absolute Gasteiger partial charge is 0.182 e. The van der Waals surface area contributed by atoms with Crippen LogP contribution in [-0.2, 0) is 0 Å². The van der Waals surface area contributed by atoms with E-state index in [1.54, 1.807) is 0 Å². The summed E-state index contributed by atoms with van der Waals surface area (Å²) in [6.45, 7) is 0. The zero-order chi connectivity index (χ0) is 12.4. The van der Waals surface area contributed by atoms with Gasteiger partial charge in [-0.25, -0.2) is 18.2 Å². The highest BCUT2D eigenvalue weighted by Gasteiger charge is 2.10. The maximum absolute atomic E-state index is 13.4. The Bertz CT molecular complexity index is 560. The zero-order valence-corrected chi connectivity index (χ0v) is 9.93. The highest BCUT2D eigenvalue weighted by atomic mass is 79.9. The summed E-state index contributed by atoms with van der Waals surface area (Å²) in [7, 11) is 0. The molecule has 2 aromatic rings. The van der Waals surface area contributed by atoms with E-state index >= 15 is 0 Å². The second kappa shape index (κ2) is 4.75. The van der Waals surface area contributed by atoms with Crippen molar-refractivity contribution in [1.29, 1.82) is 0 Å². The second-order valence-electron chi connectivity index (χ2n) is 3.21. The summed E-state index contributed by atoms with van der Waals surface area (Å²) in [6.07, 6.45) is 1.35. The molecule has 0 atom stereocenters. The monoisotopic (exact) mass is 302 g/mol. The molecule has 1 heterocycles. The Labute approximate surface area is 104 Å². The molecule has 0 amide bonds. The predicted octanol–water partition coefficient (Wildman–Crippen LogP) is 4.01. The molecule has 0 aliphatic rings. The minimum absolute atomic E-state index is 0.168. The summed E-state index contributed by atoms with van der Waals surface area (Å²) in [5.41, 5.74) is -0.168. The minimum atomic E-state index is -1.07. The van der Waals surface area contributed by atoms with Gasteiger partial charge < -0.3 is 5.32 Å². The van der Waals surface area contributed by atoms with Crippen LogP contribution in [0.5, 0.6) is 0 Å². The number of rotatable bonds is 2. The molecule has 1 aromatic carbocycles. The standard InChI is InChI=1S/C11H6BrF3N2/c12-6-4-8(14)11(16-5-6)17-9-3-1-2-7(13)10(9)15/h1-5H,(H,16,17). The number of benzene rings is 1. The van der Waals surface area contributed by atoms with Crippen molar-refractivity contribution >= 4 is 27.4 Å². The number of nitrogens with one attached hydrogen (secondary N) is 1. The van der Waals surface area contributed by atoms with E-state index in [-0.39, 0.29) is 11.5 Å². The van der Waals surface area contributed by atoms with Crippen molar-refractivity contribution in [2.45, 2.75) is 0 Å². The summed E-state index contributed by atoms with van der Waals surface area (Å²) >= 11 is 3.04. The van der Waals surface area contributed by atoms with Crippen molar-refractivity contribution in [1.82, 2.24) is 4.98 Å². The number of hydrogen-bond donors (Lipinski definition) is 1. The second-order valence-corrected chi connectivity index (χ2v) is 4.13. The molecule has 88 valence electrons. The van der Waals surface area contributed by atoms with Crippen LogP contribution in [0, 0.1) is 17.5 Å². The van der Waals surface area contributed by atoms with Gasteiger partial charge in [-0.05, 0) is 34.1 Å². The molecular weight excluding hydrogens is 297 g/mol. The van der Waals surface area contributed by atoms with Gasteiger partial charge in [0.05, 0.1) is 5.69 Å². The number of nitrogens with zero attached hydrogens (tertiary/aromatic N) is 1. The fourth-order valence-electron chi connectivity index (χ4n) is 1.23. The number of halogens is 4. The molecule has 17 heavy (non-hydrogen) atoms. The summed E-state index contributed by atoms with van der Waals surface area (Å²) in [5, 5.41) is 2.39. The molecule has 0 aliphatic carbocycles. The number of hydrogen-bond acceptors (Lipinski definition) is 2. The van der Waals surface area contributed by atoms with Crippen molar-refractivity contribution in [3.63, 3.8) is 0 Å². The van der Waals surface area contributed by atoms with E-state index in [1.807, 2.05) is 0 Å². The van der Waals surface area contributed by atoms with E-state index in [9.17, 15) is 13.2 Å². The van der Waals surface area contributed by atoms with Gasteiger partial charge in [-0.1, -0.05) is 6.07 Å². The topological polar surface area (TPSA) is 24.9 Å². The Kier molecular flexibility index (Phi) is 3.33. The van der Waals surface area contributed by atoms with Crippen molar-refractivity contribution < 1.29 is 13.2 Å². The molecule has 0 unspecified atom stereocenters. The van der Waals surface area contributed by atoms with Crippen molar-refractivity contribution in [2.75, 3.05) is 5.32 Å². The van der Waals surface area contributed by atoms with Crippen molar-refractivity contribution in [3.05, 3.63) is 52.4 Å². The SMILES string of the molecule is Fc1cc(Br)cnc1Nc1cccc(F)c1F. The summed E-state index contributed by atoms with van der Waals surface area (Å²) in [5.74, 6) is -2.91. The first kappa shape index (κ1) is 11.9.